The van der Waals surface area contributed by atoms with Gasteiger partial charge in [0.25, 0.3) is 6.43 Å². The minimum Gasteiger partial charge on any atom is -0.374 e. The van der Waals surface area contributed by atoms with Gasteiger partial charge in [-0.1, -0.05) is 13.8 Å². The Balaban J connectivity index is 2.43. The van der Waals surface area contributed by atoms with Crippen molar-refractivity contribution < 1.29 is 21.9 Å². The molecule has 0 amide bonds. The average Bonchev–Trinajstić information content (AvgIpc) is 2.85. The van der Waals surface area contributed by atoms with Gasteiger partial charge in [0.05, 0.1) is 11.5 Å². The van der Waals surface area contributed by atoms with E-state index in [1.54, 1.807) is 0 Å². The average molecular weight is 325 g/mol. The van der Waals surface area contributed by atoms with Gasteiger partial charge in [0.1, 0.15) is 6.61 Å². The van der Waals surface area contributed by atoms with Crippen LogP contribution in [0.25, 0.3) is 0 Å². The smallest absolute Gasteiger partial charge is 0.261 e. The SMILES string of the molecule is CC(C)NCc1cc(S(=O)(=O)NCCOCC(F)F)c[nH]1. The summed E-state index contributed by atoms with van der Waals surface area (Å²) in [6.07, 6.45) is -1.16. The van der Waals surface area contributed by atoms with Gasteiger partial charge in [0.2, 0.25) is 10.0 Å². The van der Waals surface area contributed by atoms with Crippen molar-refractivity contribution in [3.8, 4) is 0 Å². The van der Waals surface area contributed by atoms with E-state index in [4.69, 9.17) is 0 Å². The van der Waals surface area contributed by atoms with E-state index in [1.165, 1.54) is 12.3 Å². The molecule has 0 fully saturated rings. The number of ether oxygens (including phenoxy) is 1. The van der Waals surface area contributed by atoms with Crippen LogP contribution < -0.4 is 10.0 Å². The quantitative estimate of drug-likeness (QED) is 0.562. The van der Waals surface area contributed by atoms with E-state index in [1.807, 2.05) is 13.8 Å². The molecule has 0 atom stereocenters. The van der Waals surface area contributed by atoms with Crippen LogP contribution in [-0.4, -0.2) is 45.6 Å². The molecule has 0 aromatic carbocycles. The number of alkyl halides is 2. The Bertz CT molecular complexity index is 518. The summed E-state index contributed by atoms with van der Waals surface area (Å²) in [5, 5.41) is 3.16. The molecule has 0 aliphatic carbocycles. The predicted octanol–water partition coefficient (Wildman–Crippen LogP) is 1.07. The molecule has 9 heteroatoms. The first-order chi connectivity index (χ1) is 9.81. The summed E-state index contributed by atoms with van der Waals surface area (Å²) >= 11 is 0. The van der Waals surface area contributed by atoms with Crippen LogP contribution in [-0.2, 0) is 21.3 Å². The first-order valence-electron chi connectivity index (χ1n) is 6.57. The molecule has 6 nitrogen and oxygen atoms in total. The second kappa shape index (κ2) is 8.42. The van der Waals surface area contributed by atoms with Crippen molar-refractivity contribution in [3.05, 3.63) is 18.0 Å². The topological polar surface area (TPSA) is 83.2 Å². The van der Waals surface area contributed by atoms with Crippen molar-refractivity contribution in [1.29, 1.82) is 0 Å². The molecule has 0 saturated carbocycles. The van der Waals surface area contributed by atoms with Gasteiger partial charge in [-0.15, -0.1) is 0 Å². The molecule has 0 bridgehead atoms. The molecule has 1 rings (SSSR count). The summed E-state index contributed by atoms with van der Waals surface area (Å²) in [7, 11) is -3.66. The normalized spacial score (nSPS) is 12.5. The Kier molecular flexibility index (Phi) is 7.23. The Morgan fingerprint density at radius 2 is 2.10 bits per heavy atom. The molecule has 21 heavy (non-hydrogen) atoms. The molecule has 1 heterocycles. The van der Waals surface area contributed by atoms with Gasteiger partial charge in [-0.05, 0) is 6.07 Å². The highest BCUT2D eigenvalue weighted by molar-refractivity contribution is 7.89. The van der Waals surface area contributed by atoms with Crippen molar-refractivity contribution in [1.82, 2.24) is 15.0 Å². The maximum atomic E-state index is 11.9. The number of aromatic amines is 1. The second-order valence-corrected chi connectivity index (χ2v) is 6.53. The van der Waals surface area contributed by atoms with Crippen molar-refractivity contribution in [2.24, 2.45) is 0 Å². The summed E-state index contributed by atoms with van der Waals surface area (Å²) in [5.74, 6) is 0. The van der Waals surface area contributed by atoms with Gasteiger partial charge in [-0.3, -0.25) is 0 Å². The number of H-pyrrole nitrogens is 1. The standard InChI is InChI=1S/C12H21F2N3O3S/c1-9(2)15-6-10-5-11(7-16-10)21(18,19)17-3-4-20-8-12(13)14/h5,7,9,12,15-17H,3-4,6,8H2,1-2H3. The van der Waals surface area contributed by atoms with E-state index in [9.17, 15) is 17.2 Å². The van der Waals surface area contributed by atoms with Crippen molar-refractivity contribution >= 4 is 10.0 Å². The zero-order valence-electron chi connectivity index (χ0n) is 12.0. The number of hydrogen-bond donors (Lipinski definition) is 3. The molecule has 1 aromatic heterocycles. The molecule has 0 aliphatic rings. The number of hydrogen-bond acceptors (Lipinski definition) is 4. The summed E-state index contributed by atoms with van der Waals surface area (Å²) < 4.78 is 54.4. The largest absolute Gasteiger partial charge is 0.374 e. The first kappa shape index (κ1) is 18.0. The highest BCUT2D eigenvalue weighted by Crippen LogP contribution is 2.10. The lowest BCUT2D eigenvalue weighted by atomic mass is 10.3. The van der Waals surface area contributed by atoms with Crippen molar-refractivity contribution in [2.75, 3.05) is 19.8 Å². The zero-order valence-corrected chi connectivity index (χ0v) is 12.8. The van der Waals surface area contributed by atoms with Crippen LogP contribution in [0.1, 0.15) is 19.5 Å². The van der Waals surface area contributed by atoms with E-state index >= 15 is 0 Å². The monoisotopic (exact) mass is 325 g/mol. The molecule has 0 unspecified atom stereocenters. The van der Waals surface area contributed by atoms with Crippen molar-refractivity contribution in [2.45, 2.75) is 37.8 Å². The number of rotatable bonds is 10. The number of aromatic nitrogens is 1. The third-order valence-corrected chi connectivity index (χ3v) is 3.95. The number of nitrogens with one attached hydrogen (secondary N) is 3. The lowest BCUT2D eigenvalue weighted by molar-refractivity contribution is 0.0199. The van der Waals surface area contributed by atoms with Crippen LogP contribution in [0, 0.1) is 0 Å². The molecule has 0 aliphatic heterocycles. The third-order valence-electron chi connectivity index (χ3n) is 2.51. The van der Waals surface area contributed by atoms with Gasteiger partial charge in [0.15, 0.2) is 0 Å². The maximum absolute atomic E-state index is 11.9. The molecule has 0 radical (unpaired) electrons. The number of halogens is 2. The maximum Gasteiger partial charge on any atom is 0.261 e. The van der Waals surface area contributed by atoms with Gasteiger partial charge >= 0.3 is 0 Å². The fourth-order valence-corrected chi connectivity index (χ4v) is 2.52. The fraction of sp³-hybridized carbons (Fsp3) is 0.667. The molecular weight excluding hydrogens is 304 g/mol. The Labute approximate surface area is 123 Å². The Morgan fingerprint density at radius 1 is 1.38 bits per heavy atom. The fourth-order valence-electron chi connectivity index (χ4n) is 1.49. The minimum absolute atomic E-state index is 0.0557. The molecule has 0 saturated heterocycles. The van der Waals surface area contributed by atoms with E-state index in [0.29, 0.717) is 12.6 Å². The van der Waals surface area contributed by atoms with Crippen LogP contribution in [0.2, 0.25) is 0 Å². The lowest BCUT2D eigenvalue weighted by Crippen LogP contribution is -2.27. The summed E-state index contributed by atoms with van der Waals surface area (Å²) in [6, 6.07) is 1.82. The highest BCUT2D eigenvalue weighted by Gasteiger charge is 2.15. The second-order valence-electron chi connectivity index (χ2n) is 4.76. The van der Waals surface area contributed by atoms with Gasteiger partial charge in [-0.25, -0.2) is 21.9 Å². The molecule has 1 aromatic rings. The Hall–Kier alpha value is -1.03. The molecular formula is C12H21F2N3O3S. The zero-order chi connectivity index (χ0) is 15.9. The van der Waals surface area contributed by atoms with Crippen LogP contribution >= 0.6 is 0 Å². The Morgan fingerprint density at radius 3 is 2.71 bits per heavy atom. The summed E-state index contributed by atoms with van der Waals surface area (Å²) in [4.78, 5) is 2.98. The molecule has 0 spiro atoms. The van der Waals surface area contributed by atoms with E-state index in [0.717, 1.165) is 5.69 Å². The van der Waals surface area contributed by atoms with Crippen molar-refractivity contribution in [3.63, 3.8) is 0 Å². The van der Waals surface area contributed by atoms with Crippen LogP contribution in [0.4, 0.5) is 8.78 Å². The molecule has 122 valence electrons. The summed E-state index contributed by atoms with van der Waals surface area (Å²) in [5.41, 5.74) is 0.748. The lowest BCUT2D eigenvalue weighted by Gasteiger charge is -2.06. The minimum atomic E-state index is -3.66. The summed E-state index contributed by atoms with van der Waals surface area (Å²) in [6.45, 7) is 3.65. The van der Waals surface area contributed by atoms with Crippen LogP contribution in [0.5, 0.6) is 0 Å². The predicted molar refractivity (Wildman–Crippen MR) is 74.8 cm³/mol. The first-order valence-corrected chi connectivity index (χ1v) is 8.06. The third kappa shape index (κ3) is 6.98. The molecule has 3 N–H and O–H groups in total. The van der Waals surface area contributed by atoms with E-state index in [-0.39, 0.29) is 18.0 Å². The van der Waals surface area contributed by atoms with Gasteiger partial charge in [-0.2, -0.15) is 0 Å². The number of sulfonamides is 1. The van der Waals surface area contributed by atoms with E-state index < -0.39 is 23.1 Å². The van der Waals surface area contributed by atoms with Crippen LogP contribution in [0.3, 0.4) is 0 Å². The highest BCUT2D eigenvalue weighted by atomic mass is 32.2. The van der Waals surface area contributed by atoms with E-state index in [2.05, 4.69) is 19.8 Å². The van der Waals surface area contributed by atoms with Gasteiger partial charge < -0.3 is 15.0 Å². The van der Waals surface area contributed by atoms with Crippen LogP contribution in [0.15, 0.2) is 17.2 Å². The van der Waals surface area contributed by atoms with Gasteiger partial charge in [0, 0.05) is 31.0 Å².